The molecule has 3 unspecified atom stereocenters. The van der Waals surface area contributed by atoms with Crippen molar-refractivity contribution in [1.82, 2.24) is 4.90 Å². The van der Waals surface area contributed by atoms with E-state index in [2.05, 4.69) is 6.92 Å². The molecule has 2 bridgehead atoms. The number of methoxy groups -OCH3 is 3. The lowest BCUT2D eigenvalue weighted by atomic mass is 9.78. The lowest BCUT2D eigenvalue weighted by Gasteiger charge is -2.43. The first-order valence-electron chi connectivity index (χ1n) is 24.2. The van der Waals surface area contributed by atoms with Crippen molar-refractivity contribution in [2.45, 2.75) is 192 Å². The first-order chi connectivity index (χ1) is 30.7. The molecule has 0 aromatic heterocycles. The summed E-state index contributed by atoms with van der Waals surface area (Å²) >= 11 is 0. The van der Waals surface area contributed by atoms with Gasteiger partial charge in [-0.1, -0.05) is 71.1 Å². The van der Waals surface area contributed by atoms with Gasteiger partial charge in [0.05, 0.1) is 36.6 Å². The maximum absolute atomic E-state index is 14.4. The number of carbonyl (C=O) groups is 3. The Morgan fingerprint density at radius 3 is 2.22 bits per heavy atom. The summed E-state index contributed by atoms with van der Waals surface area (Å²) in [6.07, 6.45) is 10.6. The van der Waals surface area contributed by atoms with Gasteiger partial charge in [0.2, 0.25) is 5.79 Å². The molecular weight excluding hydrogens is 835 g/mol. The van der Waals surface area contributed by atoms with Crippen LogP contribution < -0.4 is 0 Å². The van der Waals surface area contributed by atoms with Gasteiger partial charge in [0, 0.05) is 52.6 Å². The maximum Gasteiger partial charge on any atom is 0.329 e. The monoisotopic (exact) mass is 918 g/mol. The molecule has 14 heteroatoms. The minimum Gasteiger partial charge on any atom is -0.460 e. The van der Waals surface area contributed by atoms with Crippen molar-refractivity contribution in [3.8, 4) is 0 Å². The Balaban J connectivity index is 1.70. The van der Waals surface area contributed by atoms with Crippen LogP contribution in [0.3, 0.4) is 0 Å². The average molecular weight is 918 g/mol. The molecule has 3 fully saturated rings. The van der Waals surface area contributed by atoms with Gasteiger partial charge in [-0.15, -0.1) is 0 Å². The summed E-state index contributed by atoms with van der Waals surface area (Å²) in [5.41, 5.74) is 1.41. The summed E-state index contributed by atoms with van der Waals surface area (Å²) in [5, 5.41) is 57.2. The van der Waals surface area contributed by atoms with Gasteiger partial charge in [-0.3, -0.25) is 9.59 Å². The van der Waals surface area contributed by atoms with E-state index in [4.69, 9.17) is 23.7 Å². The fraction of sp³-hybridized carbons (Fsp3) is 0.784. The van der Waals surface area contributed by atoms with E-state index in [1.807, 2.05) is 58.1 Å². The Labute approximate surface area is 388 Å². The van der Waals surface area contributed by atoms with Crippen LogP contribution in [-0.2, 0) is 38.1 Å². The summed E-state index contributed by atoms with van der Waals surface area (Å²) in [6.45, 7) is 13.2. The quantitative estimate of drug-likeness (QED) is 0.122. The number of cyclic esters (lactones) is 1. The van der Waals surface area contributed by atoms with Crippen molar-refractivity contribution in [1.29, 1.82) is 0 Å². The molecule has 1 aliphatic carbocycles. The van der Waals surface area contributed by atoms with Crippen LogP contribution in [0.25, 0.3) is 0 Å². The number of piperidine rings is 1. The first-order valence-corrected chi connectivity index (χ1v) is 24.2. The molecule has 17 atom stereocenters. The van der Waals surface area contributed by atoms with Gasteiger partial charge in [-0.2, -0.15) is 0 Å². The highest BCUT2D eigenvalue weighted by atomic mass is 16.6. The van der Waals surface area contributed by atoms with E-state index >= 15 is 0 Å². The molecule has 2 saturated heterocycles. The number of aliphatic hydroxyl groups excluding tert-OH is 4. The molecule has 14 nitrogen and oxygen atoms in total. The molecule has 0 aromatic rings. The first kappa shape index (κ1) is 54.8. The van der Waals surface area contributed by atoms with Crippen LogP contribution in [0.2, 0.25) is 0 Å². The average Bonchev–Trinajstić information content (AvgIpc) is 3.28. The Hall–Kier alpha value is -2.79. The van der Waals surface area contributed by atoms with E-state index < -0.39 is 90.2 Å². The number of allylic oxidation sites excluding steroid dienone is 5. The van der Waals surface area contributed by atoms with E-state index in [0.29, 0.717) is 63.4 Å². The number of aliphatic hydroxyl groups is 5. The smallest absolute Gasteiger partial charge is 0.329 e. The normalized spacial score (nSPS) is 40.1. The summed E-state index contributed by atoms with van der Waals surface area (Å²) in [4.78, 5) is 44.1. The van der Waals surface area contributed by atoms with Gasteiger partial charge in [0.1, 0.15) is 24.4 Å². The predicted octanol–water partition coefficient (Wildman–Crippen LogP) is 5.76. The fourth-order valence-electron chi connectivity index (χ4n) is 10.4. The van der Waals surface area contributed by atoms with Gasteiger partial charge < -0.3 is 54.1 Å². The second-order valence-electron chi connectivity index (χ2n) is 20.0. The number of rotatable bonds is 6. The van der Waals surface area contributed by atoms with Gasteiger partial charge >= 0.3 is 5.97 Å². The van der Waals surface area contributed by atoms with Crippen LogP contribution in [0.5, 0.6) is 0 Å². The van der Waals surface area contributed by atoms with Crippen molar-refractivity contribution in [2.75, 3.05) is 27.9 Å². The molecule has 370 valence electrons. The van der Waals surface area contributed by atoms with Crippen molar-refractivity contribution < 1.29 is 63.6 Å². The summed E-state index contributed by atoms with van der Waals surface area (Å²) in [6, 6.07) is -1.10. The highest BCUT2D eigenvalue weighted by Crippen LogP contribution is 2.38. The number of nitrogens with zero attached hydrogens (tertiary/aromatic N) is 1. The van der Waals surface area contributed by atoms with Crippen molar-refractivity contribution in [2.24, 2.45) is 35.5 Å². The van der Waals surface area contributed by atoms with Crippen LogP contribution in [0.1, 0.15) is 126 Å². The maximum atomic E-state index is 14.4. The van der Waals surface area contributed by atoms with Gasteiger partial charge in [-0.25, -0.2) is 4.79 Å². The molecular formula is C51H83NO13. The molecule has 0 aromatic carbocycles. The number of amides is 1. The molecule has 0 spiro atoms. The minimum absolute atomic E-state index is 0.0359. The standard InChI is InChI=1S/C51H83NO13/c1-30-16-12-11-13-17-31(2)42(61-8)28-38-21-19-36(7)51(60,65-38)48(57)49(58)52-23-15-14-18-39(52)50(59)64-43(33(4)26-37-20-22-40(53)44(27-37)62-9)29-41(54)32(3)25-35(6)46(56)47(63-10)45(55)34(5)24-30/h11-13,16-17,25,30,32-34,36-47,53-56,60H,14-15,18-24,26-29H2,1-10H3/t30-,32-,33-,34-,36-,37?,38+,39?,40-,41+,42+,43?,44-,45+,46-,47+,51-/m1/s1. The zero-order valence-electron chi connectivity index (χ0n) is 40.8. The molecule has 1 saturated carbocycles. The third kappa shape index (κ3) is 14.6. The number of hydrogen-bond donors (Lipinski definition) is 5. The van der Waals surface area contributed by atoms with Crippen LogP contribution in [0, 0.1) is 35.5 Å². The number of hydrogen-bond acceptors (Lipinski definition) is 13. The van der Waals surface area contributed by atoms with Crippen LogP contribution in [0.4, 0.5) is 0 Å². The Kier molecular flexibility index (Phi) is 21.5. The highest BCUT2D eigenvalue weighted by molar-refractivity contribution is 6.39. The third-order valence-electron chi connectivity index (χ3n) is 14.9. The highest BCUT2D eigenvalue weighted by Gasteiger charge is 2.53. The second kappa shape index (κ2) is 25.5. The number of esters is 1. The molecule has 3 aliphatic heterocycles. The summed E-state index contributed by atoms with van der Waals surface area (Å²) < 4.78 is 29.6. The van der Waals surface area contributed by atoms with Crippen LogP contribution in [0.15, 0.2) is 47.6 Å². The van der Waals surface area contributed by atoms with E-state index in [1.165, 1.54) is 12.0 Å². The Morgan fingerprint density at radius 1 is 0.815 bits per heavy atom. The topological polar surface area (TPSA) is 202 Å². The fourth-order valence-corrected chi connectivity index (χ4v) is 10.4. The number of Topliss-reactive ketones (excluding diaryl/α,β-unsaturated/α-hetero) is 1. The zero-order chi connectivity index (χ0) is 48.2. The lowest BCUT2D eigenvalue weighted by molar-refractivity contribution is -0.265. The lowest BCUT2D eigenvalue weighted by Crippen LogP contribution is -2.61. The van der Waals surface area contributed by atoms with Gasteiger partial charge in [0.25, 0.3) is 11.7 Å². The van der Waals surface area contributed by atoms with E-state index in [1.54, 1.807) is 34.1 Å². The molecule has 1 amide bonds. The van der Waals surface area contributed by atoms with E-state index in [-0.39, 0.29) is 49.2 Å². The molecule has 5 N–H and O–H groups in total. The molecule has 3 heterocycles. The predicted molar refractivity (Wildman–Crippen MR) is 247 cm³/mol. The SMILES string of the molecule is CO[C@H]1[C@@H](O)[C@H](C)C[C@H](C)C=CC=CC=C(C)[C@@H](OC)C[C@@H]2CC[C@@H](C)[C@@](O)(O2)C(=O)C(=O)N2CCCCC2C(=O)OC([C@H](C)CC2CC[C@@H](O)[C@H](OC)C2)C[C@H](O)[C@H](C)C=C(C)[C@H]1O. The van der Waals surface area contributed by atoms with Crippen molar-refractivity contribution in [3.05, 3.63) is 47.6 Å². The van der Waals surface area contributed by atoms with Crippen molar-refractivity contribution in [3.63, 3.8) is 0 Å². The number of fused-ring (bicyclic) bond motifs is 3. The van der Waals surface area contributed by atoms with E-state index in [0.717, 1.165) is 12.0 Å². The molecule has 4 rings (SSSR count). The number of carbonyl (C=O) groups excluding carboxylic acids is 3. The zero-order valence-corrected chi connectivity index (χ0v) is 40.8. The van der Waals surface area contributed by atoms with Crippen molar-refractivity contribution >= 4 is 17.7 Å². The third-order valence-corrected chi connectivity index (χ3v) is 14.9. The molecule has 65 heavy (non-hydrogen) atoms. The van der Waals surface area contributed by atoms with Crippen LogP contribution >= 0.6 is 0 Å². The Morgan fingerprint density at radius 2 is 1.54 bits per heavy atom. The molecule has 0 radical (unpaired) electrons. The second-order valence-corrected chi connectivity index (χ2v) is 20.0. The van der Waals surface area contributed by atoms with Gasteiger partial charge in [0.15, 0.2) is 0 Å². The van der Waals surface area contributed by atoms with Gasteiger partial charge in [-0.05, 0) is 113 Å². The van der Waals surface area contributed by atoms with E-state index in [9.17, 15) is 39.9 Å². The Bertz CT molecular complexity index is 1660. The largest absolute Gasteiger partial charge is 0.460 e. The van der Waals surface area contributed by atoms with Crippen LogP contribution in [-0.4, -0.2) is 143 Å². The number of ether oxygens (including phenoxy) is 5. The summed E-state index contributed by atoms with van der Waals surface area (Å²) in [7, 11) is 4.63. The molecule has 4 aliphatic rings. The summed E-state index contributed by atoms with van der Waals surface area (Å²) in [5.74, 6) is -6.69. The number of ketones is 1. The minimum atomic E-state index is -2.41.